The fourth-order valence-electron chi connectivity index (χ4n) is 1.33. The van der Waals surface area contributed by atoms with E-state index in [-0.39, 0.29) is 9.71 Å². The molecule has 0 aromatic heterocycles. The van der Waals surface area contributed by atoms with E-state index < -0.39 is 0 Å². The van der Waals surface area contributed by atoms with Crippen molar-refractivity contribution in [3.8, 4) is 5.75 Å². The zero-order valence-electron chi connectivity index (χ0n) is 9.70. The Balaban J connectivity index is 3.07. The number of rotatable bonds is 5. The molecule has 94 valence electrons. The second-order valence-corrected chi connectivity index (χ2v) is 6.27. The van der Waals surface area contributed by atoms with Gasteiger partial charge in [0.2, 0.25) is 0 Å². The van der Waals surface area contributed by atoms with Crippen LogP contribution in [0, 0.1) is 0 Å². The predicted octanol–water partition coefficient (Wildman–Crippen LogP) is 4.05. The molecule has 0 saturated heterocycles. The van der Waals surface area contributed by atoms with Gasteiger partial charge in [0.15, 0.2) is 0 Å². The predicted molar refractivity (Wildman–Crippen MR) is 74.2 cm³/mol. The Morgan fingerprint density at radius 2 is 2.00 bits per heavy atom. The van der Waals surface area contributed by atoms with Crippen LogP contribution in [0.2, 0.25) is 0 Å². The second-order valence-electron chi connectivity index (χ2n) is 3.21. The Morgan fingerprint density at radius 3 is 2.53 bits per heavy atom. The quantitative estimate of drug-likeness (QED) is 0.583. The van der Waals surface area contributed by atoms with Crippen LogP contribution < -0.4 is 4.74 Å². The largest absolute Gasteiger partial charge is 0.493 e. The lowest BCUT2D eigenvalue weighted by Crippen LogP contribution is -2.08. The molecule has 17 heavy (non-hydrogen) atoms. The molecule has 0 aliphatic heterocycles. The molecular weight excluding hydrogens is 352 g/mol. The molecule has 0 aliphatic rings. The Bertz CT molecular complexity index is 391. The van der Waals surface area contributed by atoms with Gasteiger partial charge >= 0.3 is 5.97 Å². The van der Waals surface area contributed by atoms with Crippen LogP contribution in [0.4, 0.5) is 0 Å². The van der Waals surface area contributed by atoms with Crippen molar-refractivity contribution >= 4 is 37.8 Å². The van der Waals surface area contributed by atoms with Gasteiger partial charge in [-0.15, -0.1) is 0 Å². The van der Waals surface area contributed by atoms with Gasteiger partial charge in [-0.2, -0.15) is 0 Å². The molecular formula is C12H14Br2O3. The van der Waals surface area contributed by atoms with Gasteiger partial charge < -0.3 is 9.47 Å². The van der Waals surface area contributed by atoms with Crippen LogP contribution in [0.3, 0.4) is 0 Å². The van der Waals surface area contributed by atoms with Crippen LogP contribution in [-0.4, -0.2) is 19.2 Å². The lowest BCUT2D eigenvalue weighted by atomic mass is 10.1. The number of benzene rings is 1. The lowest BCUT2D eigenvalue weighted by molar-refractivity contribution is 0.0522. The Hall–Kier alpha value is -0.550. The Labute approximate surface area is 118 Å². The Morgan fingerprint density at radius 1 is 1.29 bits per heavy atom. The average Bonchev–Trinajstić information content (AvgIpc) is 2.29. The van der Waals surface area contributed by atoms with E-state index in [2.05, 4.69) is 31.9 Å². The van der Waals surface area contributed by atoms with Gasteiger partial charge in [0.05, 0.1) is 17.0 Å². The summed E-state index contributed by atoms with van der Waals surface area (Å²) in [6.07, 6.45) is 0. The number of carbonyl (C=O) groups is 1. The van der Waals surface area contributed by atoms with Gasteiger partial charge in [0.25, 0.3) is 0 Å². The number of alkyl halides is 2. The summed E-state index contributed by atoms with van der Waals surface area (Å²) in [5.41, 5.74) is 1.44. The number of halogens is 2. The highest BCUT2D eigenvalue weighted by atomic mass is 79.9. The SMILES string of the molecule is CCOC(=O)c1ccc(C(Br)Br)cc1OCC. The molecule has 0 aliphatic carbocycles. The highest BCUT2D eigenvalue weighted by molar-refractivity contribution is 9.24. The molecule has 0 N–H and O–H groups in total. The zero-order chi connectivity index (χ0) is 12.8. The van der Waals surface area contributed by atoms with E-state index in [0.29, 0.717) is 24.5 Å². The van der Waals surface area contributed by atoms with Crippen molar-refractivity contribution in [2.24, 2.45) is 0 Å². The molecule has 3 nitrogen and oxygen atoms in total. The molecule has 0 spiro atoms. The maximum Gasteiger partial charge on any atom is 0.341 e. The molecule has 0 atom stereocenters. The first kappa shape index (κ1) is 14.5. The summed E-state index contributed by atoms with van der Waals surface area (Å²) in [5, 5.41) is 0. The van der Waals surface area contributed by atoms with Crippen molar-refractivity contribution in [3.63, 3.8) is 0 Å². The van der Waals surface area contributed by atoms with E-state index in [9.17, 15) is 4.79 Å². The second kappa shape index (κ2) is 7.01. The van der Waals surface area contributed by atoms with E-state index in [0.717, 1.165) is 5.56 Å². The maximum absolute atomic E-state index is 11.7. The summed E-state index contributed by atoms with van der Waals surface area (Å²) in [4.78, 5) is 11.7. The number of esters is 1. The van der Waals surface area contributed by atoms with Crippen molar-refractivity contribution in [2.75, 3.05) is 13.2 Å². The molecule has 1 aromatic carbocycles. The van der Waals surface area contributed by atoms with Gasteiger partial charge in [-0.1, -0.05) is 37.9 Å². The lowest BCUT2D eigenvalue weighted by Gasteiger charge is -2.12. The summed E-state index contributed by atoms with van der Waals surface area (Å²) >= 11 is 6.81. The molecule has 5 heteroatoms. The first-order valence-corrected chi connectivity index (χ1v) is 7.15. The van der Waals surface area contributed by atoms with Gasteiger partial charge in [0.1, 0.15) is 11.3 Å². The number of carbonyl (C=O) groups excluding carboxylic acids is 1. The third-order valence-electron chi connectivity index (χ3n) is 2.05. The fourth-order valence-corrected chi connectivity index (χ4v) is 1.90. The molecule has 0 saturated carbocycles. The smallest absolute Gasteiger partial charge is 0.341 e. The van der Waals surface area contributed by atoms with E-state index in [1.54, 1.807) is 13.0 Å². The fraction of sp³-hybridized carbons (Fsp3) is 0.417. The van der Waals surface area contributed by atoms with Crippen molar-refractivity contribution < 1.29 is 14.3 Å². The highest BCUT2D eigenvalue weighted by Crippen LogP contribution is 2.33. The van der Waals surface area contributed by atoms with Gasteiger partial charge in [-0.3, -0.25) is 0 Å². The molecule has 0 heterocycles. The zero-order valence-corrected chi connectivity index (χ0v) is 12.9. The van der Waals surface area contributed by atoms with Crippen LogP contribution in [0.1, 0.15) is 33.5 Å². The highest BCUT2D eigenvalue weighted by Gasteiger charge is 2.15. The summed E-state index contributed by atoms with van der Waals surface area (Å²) < 4.78 is 10.5. The summed E-state index contributed by atoms with van der Waals surface area (Å²) in [7, 11) is 0. The molecule has 0 fully saturated rings. The summed E-state index contributed by atoms with van der Waals surface area (Å²) in [5.74, 6) is 0.190. The Kier molecular flexibility index (Phi) is 5.98. The standard InChI is InChI=1S/C12H14Br2O3/c1-3-16-10-7-8(11(13)14)5-6-9(10)12(15)17-4-2/h5-7,11H,3-4H2,1-2H3. The normalized spacial score (nSPS) is 10.4. The third kappa shape index (κ3) is 4.00. The average molecular weight is 366 g/mol. The number of hydrogen-bond acceptors (Lipinski definition) is 3. The van der Waals surface area contributed by atoms with E-state index >= 15 is 0 Å². The molecule has 0 radical (unpaired) electrons. The van der Waals surface area contributed by atoms with E-state index in [1.807, 2.05) is 19.1 Å². The third-order valence-corrected chi connectivity index (χ3v) is 3.11. The first-order valence-electron chi connectivity index (χ1n) is 5.32. The first-order chi connectivity index (χ1) is 8.10. The van der Waals surface area contributed by atoms with Crippen molar-refractivity contribution in [2.45, 2.75) is 17.6 Å². The van der Waals surface area contributed by atoms with Crippen LogP contribution >= 0.6 is 31.9 Å². The van der Waals surface area contributed by atoms with Crippen molar-refractivity contribution in [1.82, 2.24) is 0 Å². The summed E-state index contributed by atoms with van der Waals surface area (Å²) in [6, 6.07) is 5.39. The minimum atomic E-state index is -0.358. The monoisotopic (exact) mass is 364 g/mol. The number of ether oxygens (including phenoxy) is 2. The van der Waals surface area contributed by atoms with Gasteiger partial charge in [0, 0.05) is 0 Å². The van der Waals surface area contributed by atoms with Crippen LogP contribution in [0.5, 0.6) is 5.75 Å². The maximum atomic E-state index is 11.7. The van der Waals surface area contributed by atoms with E-state index in [4.69, 9.17) is 9.47 Å². The van der Waals surface area contributed by atoms with Gasteiger partial charge in [-0.05, 0) is 31.5 Å². The van der Waals surface area contributed by atoms with Crippen molar-refractivity contribution in [1.29, 1.82) is 0 Å². The minimum absolute atomic E-state index is 0.0328. The number of hydrogen-bond donors (Lipinski definition) is 0. The van der Waals surface area contributed by atoms with Crippen molar-refractivity contribution in [3.05, 3.63) is 29.3 Å². The van der Waals surface area contributed by atoms with Crippen LogP contribution in [0.15, 0.2) is 18.2 Å². The molecule has 1 rings (SSSR count). The minimum Gasteiger partial charge on any atom is -0.493 e. The molecule has 0 amide bonds. The van der Waals surface area contributed by atoms with Crippen LogP contribution in [0.25, 0.3) is 0 Å². The molecule has 0 bridgehead atoms. The molecule has 1 aromatic rings. The van der Waals surface area contributed by atoms with Gasteiger partial charge in [-0.25, -0.2) is 4.79 Å². The topological polar surface area (TPSA) is 35.5 Å². The summed E-state index contributed by atoms with van der Waals surface area (Å²) in [6.45, 7) is 4.51. The molecule has 0 unspecified atom stereocenters. The van der Waals surface area contributed by atoms with E-state index in [1.165, 1.54) is 0 Å². The van der Waals surface area contributed by atoms with Crippen LogP contribution in [-0.2, 0) is 4.74 Å².